The van der Waals surface area contributed by atoms with Crippen LogP contribution in [-0.2, 0) is 6.18 Å². The van der Waals surface area contributed by atoms with Gasteiger partial charge < -0.3 is 16.8 Å². The van der Waals surface area contributed by atoms with E-state index in [2.05, 4.69) is 12.2 Å². The van der Waals surface area contributed by atoms with Crippen LogP contribution in [0.4, 0.5) is 30.2 Å². The van der Waals surface area contributed by atoms with Crippen molar-refractivity contribution in [1.82, 2.24) is 0 Å². The zero-order valence-corrected chi connectivity index (χ0v) is 11.0. The number of anilines is 3. The van der Waals surface area contributed by atoms with Crippen molar-refractivity contribution in [3.05, 3.63) is 17.7 Å². The van der Waals surface area contributed by atoms with E-state index in [9.17, 15) is 13.2 Å². The van der Waals surface area contributed by atoms with Crippen LogP contribution in [0.25, 0.3) is 0 Å². The molecule has 108 valence electrons. The summed E-state index contributed by atoms with van der Waals surface area (Å²) in [6.07, 6.45) is -0.446. The Balaban J connectivity index is 2.78. The van der Waals surface area contributed by atoms with Gasteiger partial charge in [-0.3, -0.25) is 0 Å². The molecule has 0 aliphatic carbocycles. The number of benzene rings is 1. The monoisotopic (exact) mass is 275 g/mol. The van der Waals surface area contributed by atoms with Crippen molar-refractivity contribution in [2.75, 3.05) is 23.3 Å². The fourth-order valence-electron chi connectivity index (χ4n) is 1.79. The number of hydrogen-bond donors (Lipinski definition) is 3. The molecule has 0 amide bonds. The first kappa shape index (κ1) is 15.5. The number of nitrogens with one attached hydrogen (secondary N) is 1. The molecule has 0 saturated carbocycles. The number of unbranched alkanes of at least 4 members (excludes halogenated alkanes) is 3. The van der Waals surface area contributed by atoms with Crippen LogP contribution < -0.4 is 16.8 Å². The van der Waals surface area contributed by atoms with E-state index in [-0.39, 0.29) is 17.1 Å². The summed E-state index contributed by atoms with van der Waals surface area (Å²) in [5, 5.41) is 2.79. The maximum absolute atomic E-state index is 12.9. The number of hydrogen-bond acceptors (Lipinski definition) is 3. The Hall–Kier alpha value is -1.59. The van der Waals surface area contributed by atoms with Crippen LogP contribution >= 0.6 is 0 Å². The zero-order valence-electron chi connectivity index (χ0n) is 11.0. The lowest BCUT2D eigenvalue weighted by atomic mass is 10.1. The van der Waals surface area contributed by atoms with E-state index in [1.54, 1.807) is 0 Å². The van der Waals surface area contributed by atoms with Crippen molar-refractivity contribution in [2.45, 2.75) is 38.8 Å². The molecule has 0 spiro atoms. The van der Waals surface area contributed by atoms with Crippen LogP contribution in [0.15, 0.2) is 12.1 Å². The molecule has 0 heterocycles. The van der Waals surface area contributed by atoms with Crippen molar-refractivity contribution in [2.24, 2.45) is 0 Å². The highest BCUT2D eigenvalue weighted by molar-refractivity contribution is 5.73. The van der Waals surface area contributed by atoms with Crippen LogP contribution in [0.1, 0.15) is 38.2 Å². The van der Waals surface area contributed by atoms with E-state index in [0.717, 1.165) is 31.7 Å². The second-order valence-electron chi connectivity index (χ2n) is 4.51. The summed E-state index contributed by atoms with van der Waals surface area (Å²) in [5.74, 6) is 0. The summed E-state index contributed by atoms with van der Waals surface area (Å²) in [6, 6.07) is 2.13. The van der Waals surface area contributed by atoms with Gasteiger partial charge >= 0.3 is 6.18 Å². The van der Waals surface area contributed by atoms with Crippen molar-refractivity contribution >= 4 is 17.1 Å². The first-order valence-electron chi connectivity index (χ1n) is 6.36. The number of nitrogens with two attached hydrogens (primary N) is 2. The molecule has 0 radical (unpaired) electrons. The summed E-state index contributed by atoms with van der Waals surface area (Å²) in [7, 11) is 0. The quantitative estimate of drug-likeness (QED) is 0.545. The van der Waals surface area contributed by atoms with Gasteiger partial charge in [-0.25, -0.2) is 0 Å². The second kappa shape index (κ2) is 6.54. The molecule has 1 aromatic carbocycles. The van der Waals surface area contributed by atoms with Gasteiger partial charge in [-0.1, -0.05) is 26.2 Å². The summed E-state index contributed by atoms with van der Waals surface area (Å²) in [5.41, 5.74) is 10.3. The third-order valence-electron chi connectivity index (χ3n) is 2.87. The van der Waals surface area contributed by atoms with E-state index in [4.69, 9.17) is 11.5 Å². The van der Waals surface area contributed by atoms with Gasteiger partial charge in [-0.05, 0) is 18.6 Å². The molecule has 19 heavy (non-hydrogen) atoms. The molecule has 3 nitrogen and oxygen atoms in total. The molecule has 5 N–H and O–H groups in total. The molecule has 0 fully saturated rings. The highest BCUT2D eigenvalue weighted by Crippen LogP contribution is 2.38. The number of halogens is 3. The molecule has 0 saturated heterocycles. The lowest BCUT2D eigenvalue weighted by Crippen LogP contribution is -2.13. The van der Waals surface area contributed by atoms with Gasteiger partial charge in [0.05, 0.1) is 16.9 Å². The fraction of sp³-hybridized carbons (Fsp3) is 0.538. The Morgan fingerprint density at radius 3 is 2.26 bits per heavy atom. The molecule has 0 atom stereocenters. The second-order valence-corrected chi connectivity index (χ2v) is 4.51. The largest absolute Gasteiger partial charge is 0.418 e. The Bertz CT molecular complexity index is 416. The number of alkyl halides is 3. The Morgan fingerprint density at radius 1 is 1.05 bits per heavy atom. The van der Waals surface area contributed by atoms with Crippen molar-refractivity contribution in [3.8, 4) is 0 Å². The third-order valence-corrected chi connectivity index (χ3v) is 2.87. The molecule has 0 aliphatic heterocycles. The molecule has 0 aromatic heterocycles. The Morgan fingerprint density at radius 2 is 1.68 bits per heavy atom. The predicted molar refractivity (Wildman–Crippen MR) is 72.9 cm³/mol. The molecule has 1 aromatic rings. The van der Waals surface area contributed by atoms with Crippen molar-refractivity contribution < 1.29 is 13.2 Å². The highest BCUT2D eigenvalue weighted by atomic mass is 19.4. The van der Waals surface area contributed by atoms with Crippen LogP contribution in [-0.4, -0.2) is 6.54 Å². The van der Waals surface area contributed by atoms with E-state index in [1.807, 2.05) is 0 Å². The molecule has 0 aliphatic rings. The SMILES string of the molecule is CCCCCCNc1cc(N)c(N)cc1C(F)(F)F. The van der Waals surface area contributed by atoms with E-state index < -0.39 is 11.7 Å². The summed E-state index contributed by atoms with van der Waals surface area (Å²) in [6.45, 7) is 2.57. The van der Waals surface area contributed by atoms with Gasteiger partial charge in [-0.2, -0.15) is 13.2 Å². The van der Waals surface area contributed by atoms with Crippen LogP contribution in [0.3, 0.4) is 0 Å². The summed E-state index contributed by atoms with van der Waals surface area (Å²) in [4.78, 5) is 0. The van der Waals surface area contributed by atoms with Crippen molar-refractivity contribution in [3.63, 3.8) is 0 Å². The normalized spacial score (nSPS) is 11.6. The van der Waals surface area contributed by atoms with Gasteiger partial charge in [0.15, 0.2) is 0 Å². The minimum Gasteiger partial charge on any atom is -0.397 e. The fourth-order valence-corrected chi connectivity index (χ4v) is 1.79. The summed E-state index contributed by atoms with van der Waals surface area (Å²) >= 11 is 0. The standard InChI is InChI=1S/C13H20F3N3/c1-2-3-4-5-6-19-12-8-11(18)10(17)7-9(12)13(14,15)16/h7-8,19H,2-6,17-18H2,1H3. The van der Waals surface area contributed by atoms with Gasteiger partial charge in [0, 0.05) is 12.2 Å². The third kappa shape index (κ3) is 4.54. The average Bonchev–Trinajstić information content (AvgIpc) is 2.31. The van der Waals surface area contributed by atoms with Gasteiger partial charge in [0.2, 0.25) is 0 Å². The maximum Gasteiger partial charge on any atom is 0.418 e. The smallest absolute Gasteiger partial charge is 0.397 e. The lowest BCUT2D eigenvalue weighted by molar-refractivity contribution is -0.136. The molecule has 1 rings (SSSR count). The van der Waals surface area contributed by atoms with Gasteiger partial charge in [-0.15, -0.1) is 0 Å². The predicted octanol–water partition coefficient (Wildman–Crippen LogP) is 3.86. The topological polar surface area (TPSA) is 64.1 Å². The molecule has 6 heteroatoms. The van der Waals surface area contributed by atoms with E-state index in [1.165, 1.54) is 6.07 Å². The zero-order chi connectivity index (χ0) is 14.5. The van der Waals surface area contributed by atoms with Crippen LogP contribution in [0.5, 0.6) is 0 Å². The lowest BCUT2D eigenvalue weighted by Gasteiger charge is -2.16. The average molecular weight is 275 g/mol. The first-order chi connectivity index (χ1) is 8.86. The van der Waals surface area contributed by atoms with Crippen LogP contribution in [0.2, 0.25) is 0 Å². The number of rotatable bonds is 6. The minimum atomic E-state index is -4.44. The van der Waals surface area contributed by atoms with Gasteiger partial charge in [0.25, 0.3) is 0 Å². The first-order valence-corrected chi connectivity index (χ1v) is 6.36. The van der Waals surface area contributed by atoms with Crippen LogP contribution in [0, 0.1) is 0 Å². The molecular formula is C13H20F3N3. The molecule has 0 unspecified atom stereocenters. The van der Waals surface area contributed by atoms with E-state index in [0.29, 0.717) is 6.54 Å². The molecule has 0 bridgehead atoms. The number of nitrogen functional groups attached to an aromatic ring is 2. The Kier molecular flexibility index (Phi) is 5.32. The van der Waals surface area contributed by atoms with Crippen molar-refractivity contribution in [1.29, 1.82) is 0 Å². The van der Waals surface area contributed by atoms with Gasteiger partial charge in [0.1, 0.15) is 0 Å². The Labute approximate surface area is 111 Å². The highest BCUT2D eigenvalue weighted by Gasteiger charge is 2.34. The maximum atomic E-state index is 12.9. The summed E-state index contributed by atoms with van der Waals surface area (Å²) < 4.78 is 38.6. The minimum absolute atomic E-state index is 0.00398. The molecular weight excluding hydrogens is 255 g/mol. The van der Waals surface area contributed by atoms with E-state index >= 15 is 0 Å².